The summed E-state index contributed by atoms with van der Waals surface area (Å²) in [6.45, 7) is 0.273. The molecule has 0 aromatic heterocycles. The van der Waals surface area contributed by atoms with Crippen molar-refractivity contribution in [2.45, 2.75) is 11.5 Å². The molecule has 0 unspecified atom stereocenters. The molecule has 6 heteroatoms. The van der Waals surface area contributed by atoms with Crippen LogP contribution in [-0.2, 0) is 16.6 Å². The van der Waals surface area contributed by atoms with Crippen molar-refractivity contribution in [3.8, 4) is 5.75 Å². The number of hydrogen-bond acceptors (Lipinski definition) is 3. The first-order chi connectivity index (χ1) is 8.97. The van der Waals surface area contributed by atoms with Crippen LogP contribution < -0.4 is 9.88 Å². The van der Waals surface area contributed by atoms with Crippen LogP contribution >= 0.6 is 0 Å². The van der Waals surface area contributed by atoms with Gasteiger partial charge in [-0.3, -0.25) is 0 Å². The number of hydrogen-bond donors (Lipinski definition) is 1. The van der Waals surface area contributed by atoms with Crippen LogP contribution in [0.15, 0.2) is 53.4 Å². The first-order valence-electron chi connectivity index (χ1n) is 5.46. The Bertz CT molecular complexity index is 672. The third kappa shape index (κ3) is 3.52. The van der Waals surface area contributed by atoms with Crippen molar-refractivity contribution in [2.24, 2.45) is 5.14 Å². The lowest BCUT2D eigenvalue weighted by molar-refractivity contribution is 0.304. The normalized spacial score (nSPS) is 11.3. The van der Waals surface area contributed by atoms with Crippen LogP contribution in [-0.4, -0.2) is 8.42 Å². The lowest BCUT2D eigenvalue weighted by Gasteiger charge is -2.07. The zero-order chi connectivity index (χ0) is 13.9. The van der Waals surface area contributed by atoms with Crippen molar-refractivity contribution in [3.05, 3.63) is 59.9 Å². The minimum Gasteiger partial charge on any atom is -0.489 e. The minimum absolute atomic E-state index is 0.244. The Hall–Kier alpha value is -1.92. The summed E-state index contributed by atoms with van der Waals surface area (Å²) in [5, 5.41) is 4.86. The highest BCUT2D eigenvalue weighted by atomic mass is 32.2. The molecule has 2 aromatic carbocycles. The maximum atomic E-state index is 13.5. The highest BCUT2D eigenvalue weighted by Crippen LogP contribution is 2.20. The summed E-state index contributed by atoms with van der Waals surface area (Å²) in [6, 6.07) is 12.8. The molecule has 0 aliphatic carbocycles. The summed E-state index contributed by atoms with van der Waals surface area (Å²) < 4.78 is 41.0. The Kier molecular flexibility index (Phi) is 3.82. The SMILES string of the molecule is NS(=O)(=O)c1ccc(OCc2ccccc2)cc1F. The second-order valence-corrected chi connectivity index (χ2v) is 5.44. The van der Waals surface area contributed by atoms with Gasteiger partial charge in [0, 0.05) is 6.07 Å². The molecule has 100 valence electrons. The molecule has 2 N–H and O–H groups in total. The molecule has 2 aromatic rings. The fraction of sp³-hybridized carbons (Fsp3) is 0.0769. The van der Waals surface area contributed by atoms with Gasteiger partial charge in [-0.25, -0.2) is 17.9 Å². The van der Waals surface area contributed by atoms with E-state index >= 15 is 0 Å². The van der Waals surface area contributed by atoms with Gasteiger partial charge in [-0.05, 0) is 17.7 Å². The van der Waals surface area contributed by atoms with Crippen molar-refractivity contribution in [1.82, 2.24) is 0 Å². The van der Waals surface area contributed by atoms with E-state index in [4.69, 9.17) is 9.88 Å². The fourth-order valence-corrected chi connectivity index (χ4v) is 2.13. The Labute approximate surface area is 110 Å². The molecule has 0 aliphatic heterocycles. The largest absolute Gasteiger partial charge is 0.489 e. The van der Waals surface area contributed by atoms with Gasteiger partial charge in [0.15, 0.2) is 0 Å². The summed E-state index contributed by atoms with van der Waals surface area (Å²) in [6.07, 6.45) is 0. The van der Waals surface area contributed by atoms with Crippen molar-refractivity contribution in [1.29, 1.82) is 0 Å². The molecule has 0 spiro atoms. The first kappa shape index (κ1) is 13.5. The maximum Gasteiger partial charge on any atom is 0.240 e. The Morgan fingerprint density at radius 2 is 1.79 bits per heavy atom. The van der Waals surface area contributed by atoms with Gasteiger partial charge >= 0.3 is 0 Å². The number of sulfonamides is 1. The van der Waals surface area contributed by atoms with Crippen LogP contribution in [0.3, 0.4) is 0 Å². The molecular formula is C13H12FNO3S. The highest BCUT2D eigenvalue weighted by molar-refractivity contribution is 7.89. The van der Waals surface area contributed by atoms with Gasteiger partial charge in [-0.1, -0.05) is 30.3 Å². The molecule has 4 nitrogen and oxygen atoms in total. The molecule has 0 radical (unpaired) electrons. The second kappa shape index (κ2) is 5.38. The van der Waals surface area contributed by atoms with Crippen LogP contribution in [0, 0.1) is 5.82 Å². The van der Waals surface area contributed by atoms with Crippen LogP contribution in [0.2, 0.25) is 0 Å². The third-order valence-electron chi connectivity index (χ3n) is 2.46. The fourth-order valence-electron chi connectivity index (χ4n) is 1.54. The standard InChI is InChI=1S/C13H12FNO3S/c14-12-8-11(6-7-13(12)19(15,16)17)18-9-10-4-2-1-3-5-10/h1-8H,9H2,(H2,15,16,17). The summed E-state index contributed by atoms with van der Waals surface area (Å²) in [5.41, 5.74) is 0.929. The zero-order valence-corrected chi connectivity index (χ0v) is 10.7. The van der Waals surface area contributed by atoms with Crippen molar-refractivity contribution >= 4 is 10.0 Å². The van der Waals surface area contributed by atoms with Gasteiger partial charge < -0.3 is 4.74 Å². The maximum absolute atomic E-state index is 13.5. The summed E-state index contributed by atoms with van der Waals surface area (Å²) in [5.74, 6) is -0.679. The third-order valence-corrected chi connectivity index (χ3v) is 3.40. The molecule has 0 bridgehead atoms. The molecule has 0 aliphatic rings. The summed E-state index contributed by atoms with van der Waals surface area (Å²) >= 11 is 0. The number of benzene rings is 2. The predicted molar refractivity (Wildman–Crippen MR) is 68.5 cm³/mol. The van der Waals surface area contributed by atoms with E-state index in [1.54, 1.807) is 0 Å². The monoisotopic (exact) mass is 281 g/mol. The van der Waals surface area contributed by atoms with E-state index in [9.17, 15) is 12.8 Å². The molecule has 0 saturated heterocycles. The average molecular weight is 281 g/mol. The zero-order valence-electron chi connectivity index (χ0n) is 9.91. The molecule has 0 fully saturated rings. The van der Waals surface area contributed by atoms with Gasteiger partial charge in [0.05, 0.1) is 0 Å². The molecule has 0 heterocycles. The van der Waals surface area contributed by atoms with Gasteiger partial charge in [0.2, 0.25) is 10.0 Å². The number of rotatable bonds is 4. The lowest BCUT2D eigenvalue weighted by Crippen LogP contribution is -2.14. The van der Waals surface area contributed by atoms with Crippen LogP contribution in [0.4, 0.5) is 4.39 Å². The minimum atomic E-state index is -4.05. The quantitative estimate of drug-likeness (QED) is 0.932. The number of ether oxygens (including phenoxy) is 1. The Morgan fingerprint density at radius 1 is 1.11 bits per heavy atom. The molecule has 0 saturated carbocycles. The number of nitrogens with two attached hydrogens (primary N) is 1. The highest BCUT2D eigenvalue weighted by Gasteiger charge is 2.14. The predicted octanol–water partition coefficient (Wildman–Crippen LogP) is 2.05. The molecule has 0 atom stereocenters. The molecule has 2 rings (SSSR count). The van der Waals surface area contributed by atoms with Gasteiger partial charge in [-0.2, -0.15) is 0 Å². The first-order valence-corrected chi connectivity index (χ1v) is 7.00. The topological polar surface area (TPSA) is 69.4 Å². The number of halogens is 1. The van der Waals surface area contributed by atoms with Gasteiger partial charge in [0.25, 0.3) is 0 Å². The average Bonchev–Trinajstić information content (AvgIpc) is 2.36. The molecule has 19 heavy (non-hydrogen) atoms. The van der Waals surface area contributed by atoms with Crippen molar-refractivity contribution in [2.75, 3.05) is 0 Å². The Morgan fingerprint density at radius 3 is 2.37 bits per heavy atom. The second-order valence-electron chi connectivity index (χ2n) is 3.91. The van der Waals surface area contributed by atoms with E-state index in [0.29, 0.717) is 0 Å². The van der Waals surface area contributed by atoms with E-state index in [0.717, 1.165) is 17.7 Å². The van der Waals surface area contributed by atoms with Gasteiger partial charge in [-0.15, -0.1) is 0 Å². The van der Waals surface area contributed by atoms with Crippen LogP contribution in [0.25, 0.3) is 0 Å². The van der Waals surface area contributed by atoms with Crippen molar-refractivity contribution in [3.63, 3.8) is 0 Å². The Balaban J connectivity index is 2.13. The smallest absolute Gasteiger partial charge is 0.240 e. The van der Waals surface area contributed by atoms with Crippen LogP contribution in [0.5, 0.6) is 5.75 Å². The van der Waals surface area contributed by atoms with Gasteiger partial charge in [0.1, 0.15) is 23.1 Å². The number of primary sulfonamides is 1. The van der Waals surface area contributed by atoms with E-state index in [-0.39, 0.29) is 12.4 Å². The van der Waals surface area contributed by atoms with E-state index < -0.39 is 20.7 Å². The summed E-state index contributed by atoms with van der Waals surface area (Å²) in [7, 11) is -4.05. The van der Waals surface area contributed by atoms with Crippen LogP contribution in [0.1, 0.15) is 5.56 Å². The van der Waals surface area contributed by atoms with E-state index in [1.807, 2.05) is 30.3 Å². The molecule has 0 amide bonds. The summed E-state index contributed by atoms with van der Waals surface area (Å²) in [4.78, 5) is -0.542. The lowest BCUT2D eigenvalue weighted by atomic mass is 10.2. The van der Waals surface area contributed by atoms with Crippen molar-refractivity contribution < 1.29 is 17.5 Å². The van der Waals surface area contributed by atoms with E-state index in [2.05, 4.69) is 0 Å². The van der Waals surface area contributed by atoms with E-state index in [1.165, 1.54) is 6.07 Å². The molecular weight excluding hydrogens is 269 g/mol.